The van der Waals surface area contributed by atoms with E-state index in [-0.39, 0.29) is 5.91 Å². The Kier molecular flexibility index (Phi) is 2.51. The molecule has 4 heteroatoms. The molecule has 0 saturated heterocycles. The Balaban J connectivity index is 3.08. The van der Waals surface area contributed by atoms with E-state index in [0.717, 1.165) is 0 Å². The second kappa shape index (κ2) is 3.43. The number of nitrogens with one attached hydrogen (secondary N) is 1. The number of carbonyl (C=O) groups excluding carboxylic acids is 1. The highest BCUT2D eigenvalue weighted by Crippen LogP contribution is 2.20. The van der Waals surface area contributed by atoms with E-state index in [2.05, 4.69) is 17.1 Å². The third-order valence-electron chi connectivity index (χ3n) is 1.84. The first kappa shape index (κ1) is 9.51. The van der Waals surface area contributed by atoms with Crippen LogP contribution in [0.1, 0.15) is 17.0 Å². The van der Waals surface area contributed by atoms with E-state index >= 15 is 0 Å². The van der Waals surface area contributed by atoms with Gasteiger partial charge in [-0.1, -0.05) is 11.7 Å². The van der Waals surface area contributed by atoms with Crippen LogP contribution in [0.3, 0.4) is 0 Å². The number of aryl methyl sites for hydroxylation is 2. The Labute approximate surface area is 76.6 Å². The first-order chi connectivity index (χ1) is 6.07. The Bertz CT molecular complexity index is 333. The van der Waals surface area contributed by atoms with Gasteiger partial charge in [-0.05, 0) is 13.8 Å². The number of hydrogen-bond donors (Lipinski definition) is 1. The van der Waals surface area contributed by atoms with Gasteiger partial charge in [-0.3, -0.25) is 4.79 Å². The van der Waals surface area contributed by atoms with Gasteiger partial charge >= 0.3 is 0 Å². The fraction of sp³-hybridized carbons (Fsp3) is 0.333. The predicted octanol–water partition coefficient (Wildman–Crippen LogP) is 1.05. The molecule has 1 amide bonds. The van der Waals surface area contributed by atoms with Crippen molar-refractivity contribution in [1.29, 1.82) is 0 Å². The number of carbonyl (C=O) groups is 1. The summed E-state index contributed by atoms with van der Waals surface area (Å²) in [6, 6.07) is 0. The fourth-order valence-corrected chi connectivity index (χ4v) is 1.18. The lowest BCUT2D eigenvalue weighted by atomic mass is 10.1. The average molecular weight is 180 g/mol. The zero-order valence-electron chi connectivity index (χ0n) is 7.97. The van der Waals surface area contributed by atoms with Crippen LogP contribution in [0.4, 0.5) is 0 Å². The molecule has 0 aromatic carbocycles. The Hall–Kier alpha value is -1.58. The second-order valence-corrected chi connectivity index (χ2v) is 2.76. The zero-order valence-corrected chi connectivity index (χ0v) is 7.97. The molecule has 1 aromatic heterocycles. The van der Waals surface area contributed by atoms with Gasteiger partial charge in [-0.15, -0.1) is 0 Å². The number of nitrogens with zero attached hydrogens (tertiary/aromatic N) is 1. The maximum atomic E-state index is 11.2. The van der Waals surface area contributed by atoms with Crippen LogP contribution in [0.5, 0.6) is 0 Å². The van der Waals surface area contributed by atoms with Gasteiger partial charge in [0.2, 0.25) is 0 Å². The van der Waals surface area contributed by atoms with E-state index in [9.17, 15) is 4.79 Å². The number of rotatable bonds is 2. The molecule has 0 saturated carbocycles. The van der Waals surface area contributed by atoms with Crippen molar-refractivity contribution >= 4 is 11.5 Å². The average Bonchev–Trinajstić information content (AvgIpc) is 2.44. The van der Waals surface area contributed by atoms with E-state index in [0.29, 0.717) is 22.6 Å². The summed E-state index contributed by atoms with van der Waals surface area (Å²) in [5.74, 6) is 0.403. The molecule has 1 heterocycles. The topological polar surface area (TPSA) is 55.1 Å². The molecule has 0 aliphatic carbocycles. The standard InChI is InChI=1S/C9H12N2O2/c1-5(9(12)10-4)8-6(2)11-13-7(8)3/h1H2,2-4H3,(H,10,12). The van der Waals surface area contributed by atoms with Gasteiger partial charge in [0, 0.05) is 12.6 Å². The van der Waals surface area contributed by atoms with Crippen molar-refractivity contribution < 1.29 is 9.32 Å². The fourth-order valence-electron chi connectivity index (χ4n) is 1.18. The molecule has 1 rings (SSSR count). The van der Waals surface area contributed by atoms with Gasteiger partial charge in [-0.2, -0.15) is 0 Å². The number of hydrogen-bond acceptors (Lipinski definition) is 3. The smallest absolute Gasteiger partial charge is 0.251 e. The lowest BCUT2D eigenvalue weighted by molar-refractivity contribution is -0.115. The van der Waals surface area contributed by atoms with E-state index in [4.69, 9.17) is 4.52 Å². The molecule has 0 unspecified atom stereocenters. The quantitative estimate of drug-likeness (QED) is 0.692. The van der Waals surface area contributed by atoms with Gasteiger partial charge in [0.05, 0.1) is 11.3 Å². The van der Waals surface area contributed by atoms with Crippen molar-refractivity contribution in [2.24, 2.45) is 0 Å². The largest absolute Gasteiger partial charge is 0.361 e. The molecule has 1 N–H and O–H groups in total. The SMILES string of the molecule is C=C(C(=O)NC)c1c(C)noc1C. The van der Waals surface area contributed by atoms with Crippen LogP contribution in [0, 0.1) is 13.8 Å². The van der Waals surface area contributed by atoms with Gasteiger partial charge in [0.15, 0.2) is 0 Å². The van der Waals surface area contributed by atoms with E-state index < -0.39 is 0 Å². The maximum absolute atomic E-state index is 11.2. The lowest BCUT2D eigenvalue weighted by Crippen LogP contribution is -2.19. The summed E-state index contributed by atoms with van der Waals surface area (Å²) >= 11 is 0. The molecule has 4 nitrogen and oxygen atoms in total. The van der Waals surface area contributed by atoms with Crippen molar-refractivity contribution in [2.75, 3.05) is 7.05 Å². The molecule has 0 fully saturated rings. The van der Waals surface area contributed by atoms with Crippen LogP contribution in [0.15, 0.2) is 11.1 Å². The highest BCUT2D eigenvalue weighted by atomic mass is 16.5. The van der Waals surface area contributed by atoms with Crippen LogP contribution in [0.25, 0.3) is 5.57 Å². The molecule has 0 aliphatic rings. The minimum atomic E-state index is -0.214. The molecule has 1 aromatic rings. The third kappa shape index (κ3) is 1.61. The van der Waals surface area contributed by atoms with E-state index in [1.54, 1.807) is 20.9 Å². The molecule has 0 radical (unpaired) electrons. The van der Waals surface area contributed by atoms with E-state index in [1.165, 1.54) is 0 Å². The number of likely N-dealkylation sites (N-methyl/N-ethyl adjacent to an activating group) is 1. The summed E-state index contributed by atoms with van der Waals surface area (Å²) in [4.78, 5) is 11.2. The van der Waals surface area contributed by atoms with E-state index in [1.807, 2.05) is 0 Å². The Morgan fingerprint density at radius 3 is 2.54 bits per heavy atom. The number of amides is 1. The van der Waals surface area contributed by atoms with Crippen LogP contribution in [-0.2, 0) is 4.79 Å². The summed E-state index contributed by atoms with van der Waals surface area (Å²) in [5.41, 5.74) is 1.77. The van der Waals surface area contributed by atoms with Crippen molar-refractivity contribution in [3.05, 3.63) is 23.6 Å². The van der Waals surface area contributed by atoms with Gasteiger partial charge in [0.25, 0.3) is 5.91 Å². The molecule has 13 heavy (non-hydrogen) atoms. The molecule has 70 valence electrons. The minimum absolute atomic E-state index is 0.214. The van der Waals surface area contributed by atoms with Crippen molar-refractivity contribution in [2.45, 2.75) is 13.8 Å². The monoisotopic (exact) mass is 180 g/mol. The highest BCUT2D eigenvalue weighted by Gasteiger charge is 2.16. The maximum Gasteiger partial charge on any atom is 0.251 e. The summed E-state index contributed by atoms with van der Waals surface area (Å²) in [7, 11) is 1.56. The Morgan fingerprint density at radius 1 is 1.54 bits per heavy atom. The number of aromatic nitrogens is 1. The van der Waals surface area contributed by atoms with Crippen LogP contribution < -0.4 is 5.32 Å². The molecular formula is C9H12N2O2. The highest BCUT2D eigenvalue weighted by molar-refractivity contribution is 6.19. The van der Waals surface area contributed by atoms with Crippen LogP contribution >= 0.6 is 0 Å². The zero-order chi connectivity index (χ0) is 10.0. The Morgan fingerprint density at radius 2 is 2.15 bits per heavy atom. The summed E-state index contributed by atoms with van der Waals surface area (Å²) in [6.07, 6.45) is 0. The van der Waals surface area contributed by atoms with Crippen molar-refractivity contribution in [1.82, 2.24) is 10.5 Å². The van der Waals surface area contributed by atoms with Crippen LogP contribution in [0.2, 0.25) is 0 Å². The first-order valence-corrected chi connectivity index (χ1v) is 3.92. The normalized spacial score (nSPS) is 9.77. The molecule has 0 aliphatic heterocycles. The molecular weight excluding hydrogens is 168 g/mol. The van der Waals surface area contributed by atoms with Crippen molar-refractivity contribution in [3.63, 3.8) is 0 Å². The summed E-state index contributed by atoms with van der Waals surface area (Å²) < 4.78 is 4.92. The molecule has 0 atom stereocenters. The van der Waals surface area contributed by atoms with Gasteiger partial charge in [-0.25, -0.2) is 0 Å². The van der Waals surface area contributed by atoms with Crippen molar-refractivity contribution in [3.8, 4) is 0 Å². The predicted molar refractivity (Wildman–Crippen MR) is 49.1 cm³/mol. The van der Waals surface area contributed by atoms with Crippen LogP contribution in [-0.4, -0.2) is 18.1 Å². The molecule has 0 spiro atoms. The second-order valence-electron chi connectivity index (χ2n) is 2.76. The lowest BCUT2D eigenvalue weighted by Gasteiger charge is -2.01. The summed E-state index contributed by atoms with van der Waals surface area (Å²) in [5, 5.41) is 6.24. The first-order valence-electron chi connectivity index (χ1n) is 3.92. The molecule has 0 bridgehead atoms. The summed E-state index contributed by atoms with van der Waals surface area (Å²) in [6.45, 7) is 7.21. The minimum Gasteiger partial charge on any atom is -0.361 e. The van der Waals surface area contributed by atoms with Gasteiger partial charge < -0.3 is 9.84 Å². The van der Waals surface area contributed by atoms with Gasteiger partial charge in [0.1, 0.15) is 5.76 Å². The third-order valence-corrected chi connectivity index (χ3v) is 1.84.